The first-order valence-electron chi connectivity index (χ1n) is 10.9. The molecule has 0 saturated carbocycles. The van der Waals surface area contributed by atoms with E-state index in [1.165, 1.54) is 16.3 Å². The molecule has 0 radical (unpaired) electrons. The molecule has 10 nitrogen and oxygen atoms in total. The summed E-state index contributed by atoms with van der Waals surface area (Å²) >= 11 is 3.41. The number of imidazole rings is 1. The molecule has 2 heterocycles. The summed E-state index contributed by atoms with van der Waals surface area (Å²) in [4.78, 5) is 34.7. The van der Waals surface area contributed by atoms with Crippen LogP contribution in [-0.2, 0) is 19.6 Å². The number of halogens is 1. The van der Waals surface area contributed by atoms with Crippen LogP contribution >= 0.6 is 15.9 Å². The van der Waals surface area contributed by atoms with Gasteiger partial charge in [0.25, 0.3) is 0 Å². The molecule has 1 fully saturated rings. The predicted octanol–water partition coefficient (Wildman–Crippen LogP) is 3.10. The number of hydrogen-bond acceptors (Lipinski definition) is 6. The average Bonchev–Trinajstić information content (AvgIpc) is 3.44. The molecule has 1 aliphatic heterocycles. The monoisotopic (exact) mass is 555 g/mol. The van der Waals surface area contributed by atoms with Crippen molar-refractivity contribution < 1.29 is 22.7 Å². The summed E-state index contributed by atoms with van der Waals surface area (Å²) in [6.45, 7) is 6.72. The lowest BCUT2D eigenvalue weighted by atomic mass is 10.0. The van der Waals surface area contributed by atoms with Crippen LogP contribution in [0.25, 0.3) is 11.3 Å². The summed E-state index contributed by atoms with van der Waals surface area (Å²) in [5.74, 6) is -0.195. The van der Waals surface area contributed by atoms with Gasteiger partial charge in [0.1, 0.15) is 17.9 Å². The number of nitrogens with zero attached hydrogens (tertiary/aromatic N) is 3. The number of rotatable bonds is 7. The van der Waals surface area contributed by atoms with Crippen LogP contribution in [-0.4, -0.2) is 71.2 Å². The predicted molar refractivity (Wildman–Crippen MR) is 131 cm³/mol. The standard InChI is InChI=1S/C22H30BrN5O5S/c1-13(2)19(26-22(30)33-5)21(29)28-12-27(34(31,32)14(3)4)11-18(28)20-24-10-17(25-20)15-6-8-16(23)9-7-15/h6-10,13-14,18-19H,11-12H2,1-5H3,(H,24,25)(H,26,30)/t18-,19?/m0/s1. The molecule has 2 atom stereocenters. The van der Waals surface area contributed by atoms with Crippen molar-refractivity contribution >= 4 is 38.0 Å². The van der Waals surface area contributed by atoms with Crippen LogP contribution in [0, 0.1) is 5.92 Å². The fourth-order valence-corrected chi connectivity index (χ4v) is 5.21. The minimum absolute atomic E-state index is 0.0581. The molecule has 186 valence electrons. The Bertz CT molecular complexity index is 1130. The Labute approximate surface area is 208 Å². The highest BCUT2D eigenvalue weighted by molar-refractivity contribution is 9.10. The molecule has 12 heteroatoms. The van der Waals surface area contributed by atoms with Crippen LogP contribution < -0.4 is 5.32 Å². The van der Waals surface area contributed by atoms with Gasteiger partial charge in [-0.05, 0) is 31.9 Å². The molecule has 2 amide bonds. The third-order valence-corrected chi connectivity index (χ3v) is 8.45. The largest absolute Gasteiger partial charge is 0.453 e. The van der Waals surface area contributed by atoms with Crippen LogP contribution in [0.1, 0.15) is 39.6 Å². The van der Waals surface area contributed by atoms with E-state index in [4.69, 9.17) is 0 Å². The number of carbonyl (C=O) groups is 2. The van der Waals surface area contributed by atoms with Crippen molar-refractivity contribution in [2.45, 2.75) is 45.0 Å². The van der Waals surface area contributed by atoms with E-state index in [1.807, 2.05) is 24.3 Å². The number of H-pyrrole nitrogens is 1. The maximum absolute atomic E-state index is 13.6. The minimum Gasteiger partial charge on any atom is -0.453 e. The zero-order chi connectivity index (χ0) is 25.2. The molecular weight excluding hydrogens is 526 g/mol. The molecule has 0 spiro atoms. The molecule has 2 aromatic rings. The van der Waals surface area contributed by atoms with E-state index in [-0.39, 0.29) is 19.1 Å². The first-order chi connectivity index (χ1) is 15.9. The Morgan fingerprint density at radius 1 is 1.21 bits per heavy atom. The fourth-order valence-electron chi connectivity index (χ4n) is 3.71. The number of amides is 2. The number of aromatic nitrogens is 2. The zero-order valence-electron chi connectivity index (χ0n) is 19.8. The summed E-state index contributed by atoms with van der Waals surface area (Å²) in [5.41, 5.74) is 1.55. The Morgan fingerprint density at radius 3 is 2.41 bits per heavy atom. The zero-order valence-corrected chi connectivity index (χ0v) is 22.2. The van der Waals surface area contributed by atoms with Gasteiger partial charge in [0.05, 0.1) is 24.7 Å². The number of ether oxygens (including phenoxy) is 1. The Hall–Kier alpha value is -2.44. The molecule has 34 heavy (non-hydrogen) atoms. The number of aromatic amines is 1. The van der Waals surface area contributed by atoms with Gasteiger partial charge in [-0.15, -0.1) is 0 Å². The molecular formula is C22H30BrN5O5S. The second kappa shape index (κ2) is 10.4. The summed E-state index contributed by atoms with van der Waals surface area (Å²) in [6, 6.07) is 6.08. The third-order valence-electron chi connectivity index (χ3n) is 5.75. The van der Waals surface area contributed by atoms with Crippen molar-refractivity contribution in [2.75, 3.05) is 20.3 Å². The maximum atomic E-state index is 13.6. The average molecular weight is 556 g/mol. The summed E-state index contributed by atoms with van der Waals surface area (Å²) in [6.07, 6.45) is 0.998. The second-order valence-electron chi connectivity index (χ2n) is 8.73. The molecule has 1 aliphatic rings. The molecule has 1 aromatic carbocycles. The van der Waals surface area contributed by atoms with E-state index in [0.29, 0.717) is 11.5 Å². The maximum Gasteiger partial charge on any atom is 0.407 e. The van der Waals surface area contributed by atoms with Crippen LogP contribution in [0.4, 0.5) is 4.79 Å². The highest BCUT2D eigenvalue weighted by Crippen LogP contribution is 2.32. The Kier molecular flexibility index (Phi) is 8.04. The topological polar surface area (TPSA) is 125 Å². The van der Waals surface area contributed by atoms with Gasteiger partial charge in [-0.2, -0.15) is 4.31 Å². The first-order valence-corrected chi connectivity index (χ1v) is 13.2. The quantitative estimate of drug-likeness (QED) is 0.540. The van der Waals surface area contributed by atoms with Crippen molar-refractivity contribution in [3.05, 3.63) is 40.8 Å². The van der Waals surface area contributed by atoms with Gasteiger partial charge < -0.3 is 19.9 Å². The van der Waals surface area contributed by atoms with Gasteiger partial charge in [-0.1, -0.05) is 41.9 Å². The first kappa shape index (κ1) is 26.2. The van der Waals surface area contributed by atoms with Crippen molar-refractivity contribution in [3.8, 4) is 11.3 Å². The molecule has 2 N–H and O–H groups in total. The lowest BCUT2D eigenvalue weighted by Gasteiger charge is -2.29. The van der Waals surface area contributed by atoms with Crippen LogP contribution in [0.5, 0.6) is 0 Å². The van der Waals surface area contributed by atoms with Crippen molar-refractivity contribution in [2.24, 2.45) is 5.92 Å². The van der Waals surface area contributed by atoms with Gasteiger partial charge >= 0.3 is 6.09 Å². The molecule has 1 saturated heterocycles. The van der Waals surface area contributed by atoms with Gasteiger partial charge in [0.2, 0.25) is 15.9 Å². The van der Waals surface area contributed by atoms with Crippen molar-refractivity contribution in [1.29, 1.82) is 0 Å². The number of hydrogen-bond donors (Lipinski definition) is 2. The van der Waals surface area contributed by atoms with Gasteiger partial charge in [0, 0.05) is 22.8 Å². The number of methoxy groups -OCH3 is 1. The molecule has 1 aromatic heterocycles. The highest BCUT2D eigenvalue weighted by Gasteiger charge is 2.44. The van der Waals surface area contributed by atoms with Crippen molar-refractivity contribution in [3.63, 3.8) is 0 Å². The van der Waals surface area contributed by atoms with E-state index in [0.717, 1.165) is 10.0 Å². The third kappa shape index (κ3) is 5.44. The SMILES string of the molecule is COC(=O)NC(C(=O)N1CN(S(=O)(=O)C(C)C)C[C@H]1c1nc(-c2ccc(Br)cc2)c[nH]1)C(C)C. The number of sulfonamides is 1. The number of benzene rings is 1. The number of carbonyl (C=O) groups excluding carboxylic acids is 2. The highest BCUT2D eigenvalue weighted by atomic mass is 79.9. The number of alkyl carbamates (subject to hydrolysis) is 1. The lowest BCUT2D eigenvalue weighted by Crippen LogP contribution is -2.51. The van der Waals surface area contributed by atoms with E-state index in [2.05, 4.69) is 36.0 Å². The van der Waals surface area contributed by atoms with Crippen LogP contribution in [0.2, 0.25) is 0 Å². The summed E-state index contributed by atoms with van der Waals surface area (Å²) in [5, 5.41) is 1.93. The van der Waals surface area contributed by atoms with E-state index >= 15 is 0 Å². The number of nitrogens with one attached hydrogen (secondary N) is 2. The minimum atomic E-state index is -3.63. The summed E-state index contributed by atoms with van der Waals surface area (Å²) in [7, 11) is -2.41. The van der Waals surface area contributed by atoms with Gasteiger partial charge in [-0.25, -0.2) is 18.2 Å². The lowest BCUT2D eigenvalue weighted by molar-refractivity contribution is -0.135. The molecule has 3 rings (SSSR count). The molecule has 0 bridgehead atoms. The molecule has 1 unspecified atom stereocenters. The smallest absolute Gasteiger partial charge is 0.407 e. The molecule has 0 aliphatic carbocycles. The van der Waals surface area contributed by atoms with E-state index in [9.17, 15) is 18.0 Å². The fraction of sp³-hybridized carbons (Fsp3) is 0.500. The van der Waals surface area contributed by atoms with Gasteiger partial charge in [-0.3, -0.25) is 4.79 Å². The van der Waals surface area contributed by atoms with Gasteiger partial charge in [0.15, 0.2) is 0 Å². The van der Waals surface area contributed by atoms with Crippen molar-refractivity contribution in [1.82, 2.24) is 24.5 Å². The van der Waals surface area contributed by atoms with Crippen LogP contribution in [0.15, 0.2) is 34.9 Å². The Morgan fingerprint density at radius 2 is 1.85 bits per heavy atom. The Balaban J connectivity index is 1.97. The van der Waals surface area contributed by atoms with Crippen LogP contribution in [0.3, 0.4) is 0 Å². The summed E-state index contributed by atoms with van der Waals surface area (Å²) < 4.78 is 32.8. The van der Waals surface area contributed by atoms with E-state index in [1.54, 1.807) is 33.9 Å². The second-order valence-corrected chi connectivity index (χ2v) is 12.1. The van der Waals surface area contributed by atoms with E-state index < -0.39 is 39.4 Å². The normalized spacial score (nSPS) is 17.9.